The molecule has 0 unspecified atom stereocenters. The van der Waals surface area contributed by atoms with Crippen molar-refractivity contribution < 1.29 is 4.39 Å². The lowest BCUT2D eigenvalue weighted by atomic mass is 9.84. The van der Waals surface area contributed by atoms with Gasteiger partial charge in [-0.2, -0.15) is 5.10 Å². The number of nitrogens with one attached hydrogen (secondary N) is 2. The Balaban J connectivity index is 1.48. The van der Waals surface area contributed by atoms with E-state index in [-0.39, 0.29) is 11.2 Å². The number of hydrogen-bond acceptors (Lipinski definition) is 6. The van der Waals surface area contributed by atoms with Gasteiger partial charge in [0.15, 0.2) is 5.82 Å². The normalized spacial score (nSPS) is 11.7. The third-order valence-corrected chi connectivity index (χ3v) is 4.76. The number of fused-ring (bicyclic) bond motifs is 1. The Kier molecular flexibility index (Phi) is 4.38. The molecule has 0 aliphatic rings. The lowest BCUT2D eigenvalue weighted by Gasteiger charge is -2.25. The minimum absolute atomic E-state index is 0.223. The zero-order valence-corrected chi connectivity index (χ0v) is 15.6. The number of aromatic amines is 1. The van der Waals surface area contributed by atoms with E-state index in [0.29, 0.717) is 24.0 Å². The van der Waals surface area contributed by atoms with Crippen LogP contribution in [0.25, 0.3) is 22.2 Å². The Morgan fingerprint density at radius 2 is 1.89 bits per heavy atom. The fourth-order valence-corrected chi connectivity index (χ4v) is 2.99. The molecule has 0 saturated carbocycles. The first-order valence-electron chi connectivity index (χ1n) is 8.86. The van der Waals surface area contributed by atoms with Crippen molar-refractivity contribution in [2.75, 3.05) is 17.6 Å². The van der Waals surface area contributed by atoms with E-state index in [1.807, 2.05) is 18.2 Å². The molecule has 28 heavy (non-hydrogen) atoms. The second kappa shape index (κ2) is 6.88. The lowest BCUT2D eigenvalue weighted by molar-refractivity contribution is 0.551. The fraction of sp³-hybridized carbons (Fsp3) is 0.200. The molecule has 0 bridgehead atoms. The Bertz CT molecular complexity index is 1100. The van der Waals surface area contributed by atoms with Crippen molar-refractivity contribution in [1.82, 2.24) is 25.4 Å². The van der Waals surface area contributed by atoms with Gasteiger partial charge >= 0.3 is 0 Å². The van der Waals surface area contributed by atoms with Crippen LogP contribution in [0.5, 0.6) is 0 Å². The van der Waals surface area contributed by atoms with Crippen molar-refractivity contribution in [1.29, 1.82) is 0 Å². The molecular weight excluding hydrogens is 357 g/mol. The van der Waals surface area contributed by atoms with Gasteiger partial charge in [0.1, 0.15) is 11.5 Å². The summed E-state index contributed by atoms with van der Waals surface area (Å²) < 4.78 is 13.1. The van der Waals surface area contributed by atoms with Gasteiger partial charge in [-0.25, -0.2) is 9.37 Å². The molecule has 0 radical (unpaired) electrons. The Morgan fingerprint density at radius 3 is 2.61 bits per heavy atom. The predicted molar refractivity (Wildman–Crippen MR) is 107 cm³/mol. The van der Waals surface area contributed by atoms with E-state index in [9.17, 15) is 4.39 Å². The number of rotatable bonds is 5. The monoisotopic (exact) mass is 377 g/mol. The molecule has 0 atom stereocenters. The third-order valence-electron chi connectivity index (χ3n) is 4.76. The number of halogens is 1. The molecule has 0 spiro atoms. The first-order valence-corrected chi connectivity index (χ1v) is 8.86. The van der Waals surface area contributed by atoms with Crippen LogP contribution in [0.4, 0.5) is 16.2 Å². The molecule has 0 fully saturated rings. The Hall–Kier alpha value is -3.55. The molecule has 4 rings (SSSR count). The predicted octanol–water partition coefficient (Wildman–Crippen LogP) is 3.53. The second-order valence-electron chi connectivity index (χ2n) is 7.28. The minimum atomic E-state index is -0.244. The van der Waals surface area contributed by atoms with Gasteiger partial charge in [-0.15, -0.1) is 10.2 Å². The standard InChI is InChI=1S/C20H20FN7/c1-20(2,13-4-6-14(21)7-5-13)11-24-19-23-10-17(26-28-19)12-3-8-16-15(9-12)18(22)27-25-16/h3-10H,11H2,1-2H3,(H3,22,25,27)(H,23,24,28). The van der Waals surface area contributed by atoms with Crippen molar-refractivity contribution in [3.8, 4) is 11.3 Å². The van der Waals surface area contributed by atoms with Crippen molar-refractivity contribution in [3.63, 3.8) is 0 Å². The van der Waals surface area contributed by atoms with E-state index in [0.717, 1.165) is 22.0 Å². The smallest absolute Gasteiger partial charge is 0.242 e. The van der Waals surface area contributed by atoms with Gasteiger partial charge in [0, 0.05) is 22.9 Å². The van der Waals surface area contributed by atoms with E-state index >= 15 is 0 Å². The number of nitrogen functional groups attached to an aromatic ring is 1. The summed E-state index contributed by atoms with van der Waals surface area (Å²) in [5.41, 5.74) is 9.03. The number of hydrogen-bond donors (Lipinski definition) is 3. The van der Waals surface area contributed by atoms with Crippen LogP contribution in [0.1, 0.15) is 19.4 Å². The van der Waals surface area contributed by atoms with Crippen molar-refractivity contribution in [2.45, 2.75) is 19.3 Å². The molecule has 0 aliphatic carbocycles. The summed E-state index contributed by atoms with van der Waals surface area (Å²) in [4.78, 5) is 4.36. The highest BCUT2D eigenvalue weighted by molar-refractivity contribution is 5.91. The molecule has 8 heteroatoms. The molecule has 2 aromatic heterocycles. The average molecular weight is 377 g/mol. The zero-order valence-electron chi connectivity index (χ0n) is 15.6. The van der Waals surface area contributed by atoms with E-state index in [2.05, 4.69) is 44.5 Å². The number of nitrogens with two attached hydrogens (primary N) is 1. The number of anilines is 2. The van der Waals surface area contributed by atoms with Gasteiger partial charge in [-0.1, -0.05) is 32.0 Å². The zero-order chi connectivity index (χ0) is 19.7. The minimum Gasteiger partial charge on any atom is -0.382 e. The lowest BCUT2D eigenvalue weighted by Crippen LogP contribution is -2.28. The SMILES string of the molecule is CC(C)(CNc1ncc(-c2ccc3[nH]nc(N)c3c2)nn1)c1ccc(F)cc1. The summed E-state index contributed by atoms with van der Waals surface area (Å²) in [5.74, 6) is 0.632. The van der Waals surface area contributed by atoms with Gasteiger partial charge < -0.3 is 11.1 Å². The van der Waals surface area contributed by atoms with Crippen molar-refractivity contribution in [3.05, 3.63) is 60.0 Å². The van der Waals surface area contributed by atoms with Crippen LogP contribution in [-0.2, 0) is 5.41 Å². The number of H-pyrrole nitrogens is 1. The molecule has 2 aromatic carbocycles. The van der Waals surface area contributed by atoms with Gasteiger partial charge in [-0.05, 0) is 29.8 Å². The third kappa shape index (κ3) is 3.48. The molecule has 0 saturated heterocycles. The molecule has 4 N–H and O–H groups in total. The van der Waals surface area contributed by atoms with Crippen LogP contribution < -0.4 is 11.1 Å². The van der Waals surface area contributed by atoms with Gasteiger partial charge in [-0.3, -0.25) is 5.10 Å². The fourth-order valence-electron chi connectivity index (χ4n) is 2.99. The number of benzene rings is 2. The Morgan fingerprint density at radius 1 is 1.11 bits per heavy atom. The summed E-state index contributed by atoms with van der Waals surface area (Å²) in [7, 11) is 0. The molecule has 7 nitrogen and oxygen atoms in total. The van der Waals surface area contributed by atoms with Crippen molar-refractivity contribution in [2.24, 2.45) is 0 Å². The first-order chi connectivity index (χ1) is 13.4. The van der Waals surface area contributed by atoms with E-state index < -0.39 is 0 Å². The average Bonchev–Trinajstić information content (AvgIpc) is 3.07. The highest BCUT2D eigenvalue weighted by Gasteiger charge is 2.21. The summed E-state index contributed by atoms with van der Waals surface area (Å²) >= 11 is 0. The van der Waals surface area contributed by atoms with E-state index in [1.54, 1.807) is 18.3 Å². The molecule has 4 aromatic rings. The maximum Gasteiger partial charge on any atom is 0.242 e. The summed E-state index contributed by atoms with van der Waals surface area (Å²) in [6, 6.07) is 12.2. The van der Waals surface area contributed by atoms with Crippen LogP contribution in [0.2, 0.25) is 0 Å². The van der Waals surface area contributed by atoms with Gasteiger partial charge in [0.25, 0.3) is 0 Å². The van der Waals surface area contributed by atoms with Crippen LogP contribution in [0.3, 0.4) is 0 Å². The van der Waals surface area contributed by atoms with E-state index in [4.69, 9.17) is 5.73 Å². The molecule has 0 aliphatic heterocycles. The van der Waals surface area contributed by atoms with Crippen LogP contribution >= 0.6 is 0 Å². The molecule has 0 amide bonds. The molecule has 142 valence electrons. The second-order valence-corrected chi connectivity index (χ2v) is 7.28. The maximum absolute atomic E-state index is 13.1. The van der Waals surface area contributed by atoms with E-state index in [1.165, 1.54) is 12.1 Å². The quantitative estimate of drug-likeness (QED) is 0.491. The Labute approximate surface area is 161 Å². The first kappa shape index (κ1) is 17.8. The van der Waals surface area contributed by atoms with Crippen LogP contribution in [0.15, 0.2) is 48.7 Å². The summed E-state index contributed by atoms with van der Waals surface area (Å²) in [5, 5.41) is 19.3. The van der Waals surface area contributed by atoms with Gasteiger partial charge in [0.2, 0.25) is 5.95 Å². The molecule has 2 heterocycles. The van der Waals surface area contributed by atoms with Crippen molar-refractivity contribution >= 4 is 22.7 Å². The topological polar surface area (TPSA) is 105 Å². The summed E-state index contributed by atoms with van der Waals surface area (Å²) in [6.07, 6.45) is 1.66. The van der Waals surface area contributed by atoms with Gasteiger partial charge in [0.05, 0.1) is 11.7 Å². The van der Waals surface area contributed by atoms with Crippen LogP contribution in [0, 0.1) is 5.82 Å². The number of nitrogens with zero attached hydrogens (tertiary/aromatic N) is 4. The van der Waals surface area contributed by atoms with Crippen LogP contribution in [-0.4, -0.2) is 31.9 Å². The summed E-state index contributed by atoms with van der Waals surface area (Å²) in [6.45, 7) is 4.72. The maximum atomic E-state index is 13.1. The number of aromatic nitrogens is 5. The highest BCUT2D eigenvalue weighted by Crippen LogP contribution is 2.25. The largest absolute Gasteiger partial charge is 0.382 e. The molecular formula is C20H20FN7. The highest BCUT2D eigenvalue weighted by atomic mass is 19.1.